The summed E-state index contributed by atoms with van der Waals surface area (Å²) in [5.41, 5.74) is 0. The van der Waals surface area contributed by atoms with E-state index in [1.165, 1.54) is 0 Å². The molecule has 3 N–H and O–H groups in total. The molecule has 0 bridgehead atoms. The van der Waals surface area contributed by atoms with Crippen molar-refractivity contribution in [2.75, 3.05) is 0 Å². The molecule has 0 aliphatic carbocycles. The van der Waals surface area contributed by atoms with Crippen LogP contribution in [0.15, 0.2) is 54.6 Å². The molecule has 0 amide bonds. The van der Waals surface area contributed by atoms with Gasteiger partial charge in [-0.2, -0.15) is 0 Å². The minimum absolute atomic E-state index is 0. The average Bonchev–Trinajstić information content (AvgIpc) is 2.25. The number of para-hydroxylation sites is 1. The predicted molar refractivity (Wildman–Crippen MR) is 68.2 cm³/mol. The fourth-order valence-corrected chi connectivity index (χ4v) is 1.15. The molecule has 2 nitrogen and oxygen atoms in total. The monoisotopic (exact) mass is 258 g/mol. The molecule has 0 saturated heterocycles. The summed E-state index contributed by atoms with van der Waals surface area (Å²) < 4.78 is 0. The van der Waals surface area contributed by atoms with Gasteiger partial charge in [-0.05, 0) is 24.3 Å². The van der Waals surface area contributed by atoms with E-state index in [1.807, 2.05) is 30.3 Å². The first-order valence-electron chi connectivity index (χ1n) is 4.34. The highest BCUT2D eigenvalue weighted by Gasteiger charge is 1.89. The number of benzene rings is 2. The number of rotatable bonds is 0. The lowest BCUT2D eigenvalue weighted by molar-refractivity contribution is 0.475. The fourth-order valence-electron chi connectivity index (χ4n) is 0.866. The Labute approximate surface area is 104 Å². The van der Waals surface area contributed by atoms with Crippen LogP contribution >= 0.6 is 23.2 Å². The van der Waals surface area contributed by atoms with E-state index in [2.05, 4.69) is 0 Å². The van der Waals surface area contributed by atoms with Gasteiger partial charge >= 0.3 is 0 Å². The van der Waals surface area contributed by atoms with Gasteiger partial charge in [0.25, 0.3) is 0 Å². The highest BCUT2D eigenvalue weighted by Crippen LogP contribution is 2.20. The Balaban J connectivity index is 0.000000267. The molecular formula is C12H12Cl2O2. The van der Waals surface area contributed by atoms with E-state index in [1.54, 1.807) is 24.3 Å². The molecule has 0 aliphatic rings. The molecule has 0 radical (unpaired) electrons. The zero-order chi connectivity index (χ0) is 11.1. The Morgan fingerprint density at radius 1 is 0.750 bits per heavy atom. The minimum atomic E-state index is 0. The van der Waals surface area contributed by atoms with Crippen LogP contribution in [-0.4, -0.2) is 10.6 Å². The summed E-state index contributed by atoms with van der Waals surface area (Å²) in [7, 11) is 0. The van der Waals surface area contributed by atoms with E-state index in [4.69, 9.17) is 28.3 Å². The van der Waals surface area contributed by atoms with Crippen LogP contribution in [-0.2, 0) is 0 Å². The lowest BCUT2D eigenvalue weighted by atomic mass is 10.3. The third kappa shape index (κ3) is 5.61. The van der Waals surface area contributed by atoms with Gasteiger partial charge in [0.05, 0.1) is 5.02 Å². The second kappa shape index (κ2) is 7.99. The third-order valence-electron chi connectivity index (χ3n) is 1.59. The molecular weight excluding hydrogens is 247 g/mol. The topological polar surface area (TPSA) is 51.7 Å². The molecule has 0 spiro atoms. The number of hydrogen-bond donors (Lipinski definition) is 1. The highest BCUT2D eigenvalue weighted by molar-refractivity contribution is 6.32. The van der Waals surface area contributed by atoms with Crippen molar-refractivity contribution < 1.29 is 10.6 Å². The number of halogens is 2. The first-order chi connectivity index (χ1) is 7.20. The standard InChI is InChI=1S/C6H5ClO.C6H5Cl.H2O/c7-5-3-1-2-4-6(5)8;7-6-4-2-1-3-5-6;/h1-4,8H;1-5H;1H2. The van der Waals surface area contributed by atoms with E-state index < -0.39 is 0 Å². The van der Waals surface area contributed by atoms with Gasteiger partial charge in [-0.15, -0.1) is 0 Å². The zero-order valence-electron chi connectivity index (χ0n) is 8.40. The molecule has 0 heterocycles. The Hall–Kier alpha value is -1.22. The summed E-state index contributed by atoms with van der Waals surface area (Å²) in [6.45, 7) is 0. The van der Waals surface area contributed by atoms with Crippen LogP contribution in [0.2, 0.25) is 10.0 Å². The van der Waals surface area contributed by atoms with E-state index in [9.17, 15) is 0 Å². The predicted octanol–water partition coefficient (Wildman–Crippen LogP) is 3.56. The van der Waals surface area contributed by atoms with Gasteiger partial charge in [-0.25, -0.2) is 0 Å². The maximum atomic E-state index is 8.79. The number of aromatic hydroxyl groups is 1. The number of hydrogen-bond acceptors (Lipinski definition) is 1. The Bertz CT molecular complexity index is 384. The summed E-state index contributed by atoms with van der Waals surface area (Å²) >= 11 is 11.0. The molecule has 0 saturated carbocycles. The van der Waals surface area contributed by atoms with Crippen molar-refractivity contribution in [1.82, 2.24) is 0 Å². The first-order valence-corrected chi connectivity index (χ1v) is 5.10. The lowest BCUT2D eigenvalue weighted by Gasteiger charge is -1.89. The summed E-state index contributed by atoms with van der Waals surface area (Å²) in [6, 6.07) is 16.1. The molecule has 2 aromatic rings. The van der Waals surface area contributed by atoms with E-state index in [0.717, 1.165) is 5.02 Å². The molecule has 0 fully saturated rings. The molecule has 0 unspecified atom stereocenters. The van der Waals surface area contributed by atoms with Crippen LogP contribution in [0.1, 0.15) is 0 Å². The van der Waals surface area contributed by atoms with Crippen molar-refractivity contribution in [2.24, 2.45) is 0 Å². The third-order valence-corrected chi connectivity index (χ3v) is 2.16. The quantitative estimate of drug-likeness (QED) is 0.772. The van der Waals surface area contributed by atoms with Gasteiger partial charge in [-0.1, -0.05) is 53.5 Å². The SMILES string of the molecule is Clc1ccccc1.O.Oc1ccccc1Cl. The van der Waals surface area contributed by atoms with Crippen molar-refractivity contribution in [1.29, 1.82) is 0 Å². The summed E-state index contributed by atoms with van der Waals surface area (Å²) in [5.74, 6) is 0.133. The second-order valence-corrected chi connectivity index (χ2v) is 3.59. The zero-order valence-corrected chi connectivity index (χ0v) is 9.91. The van der Waals surface area contributed by atoms with Crippen molar-refractivity contribution >= 4 is 23.2 Å². The van der Waals surface area contributed by atoms with Crippen molar-refractivity contribution in [3.8, 4) is 5.75 Å². The maximum absolute atomic E-state index is 8.79. The second-order valence-electron chi connectivity index (χ2n) is 2.75. The van der Waals surface area contributed by atoms with Gasteiger partial charge in [0, 0.05) is 5.02 Å². The summed E-state index contributed by atoms with van der Waals surface area (Å²) in [6.07, 6.45) is 0. The van der Waals surface area contributed by atoms with E-state index in [-0.39, 0.29) is 11.2 Å². The molecule has 2 aromatic carbocycles. The van der Waals surface area contributed by atoms with E-state index in [0.29, 0.717) is 5.02 Å². The summed E-state index contributed by atoms with van der Waals surface area (Å²) in [5, 5.41) is 9.98. The number of phenols is 1. The van der Waals surface area contributed by atoms with Crippen LogP contribution in [0.5, 0.6) is 5.75 Å². The van der Waals surface area contributed by atoms with Gasteiger partial charge in [0.1, 0.15) is 5.75 Å². The van der Waals surface area contributed by atoms with Crippen LogP contribution < -0.4 is 0 Å². The molecule has 0 atom stereocenters. The van der Waals surface area contributed by atoms with Gasteiger partial charge in [-0.3, -0.25) is 0 Å². The molecule has 0 aliphatic heterocycles. The normalized spacial score (nSPS) is 8.38. The first kappa shape index (κ1) is 14.8. The van der Waals surface area contributed by atoms with Gasteiger partial charge in [0.2, 0.25) is 0 Å². The Morgan fingerprint density at radius 2 is 1.25 bits per heavy atom. The minimum Gasteiger partial charge on any atom is -0.506 e. The van der Waals surface area contributed by atoms with E-state index >= 15 is 0 Å². The van der Waals surface area contributed by atoms with Crippen molar-refractivity contribution in [3.63, 3.8) is 0 Å². The number of phenolic OH excluding ortho intramolecular Hbond substituents is 1. The molecule has 86 valence electrons. The van der Waals surface area contributed by atoms with Gasteiger partial charge in [0.15, 0.2) is 0 Å². The fraction of sp³-hybridized carbons (Fsp3) is 0. The highest BCUT2D eigenvalue weighted by atomic mass is 35.5. The largest absolute Gasteiger partial charge is 0.506 e. The Kier molecular flexibility index (Phi) is 7.38. The Morgan fingerprint density at radius 3 is 1.56 bits per heavy atom. The average molecular weight is 259 g/mol. The molecule has 0 aromatic heterocycles. The molecule has 2 rings (SSSR count). The lowest BCUT2D eigenvalue weighted by Crippen LogP contribution is -1.62. The van der Waals surface area contributed by atoms with Crippen LogP contribution in [0.3, 0.4) is 0 Å². The maximum Gasteiger partial charge on any atom is 0.134 e. The van der Waals surface area contributed by atoms with Crippen LogP contribution in [0.4, 0.5) is 0 Å². The van der Waals surface area contributed by atoms with Crippen molar-refractivity contribution in [2.45, 2.75) is 0 Å². The molecule has 16 heavy (non-hydrogen) atoms. The van der Waals surface area contributed by atoms with Crippen LogP contribution in [0.25, 0.3) is 0 Å². The van der Waals surface area contributed by atoms with Crippen molar-refractivity contribution in [3.05, 3.63) is 64.6 Å². The van der Waals surface area contributed by atoms with Crippen LogP contribution in [0, 0.1) is 0 Å². The molecule has 4 heteroatoms. The smallest absolute Gasteiger partial charge is 0.134 e. The summed E-state index contributed by atoms with van der Waals surface area (Å²) in [4.78, 5) is 0. The van der Waals surface area contributed by atoms with Gasteiger partial charge < -0.3 is 10.6 Å².